The predicted octanol–water partition coefficient (Wildman–Crippen LogP) is 3.33. The van der Waals surface area contributed by atoms with Crippen LogP contribution in [-0.2, 0) is 6.54 Å². The molecule has 1 heterocycles. The average Bonchev–Trinajstić information content (AvgIpc) is 2.89. The van der Waals surface area contributed by atoms with Gasteiger partial charge in [-0.25, -0.2) is 9.55 Å². The molecule has 0 saturated carbocycles. The van der Waals surface area contributed by atoms with Gasteiger partial charge in [0.05, 0.1) is 0 Å². The Morgan fingerprint density at radius 3 is 2.77 bits per heavy atom. The zero-order valence-corrected chi connectivity index (χ0v) is 12.1. The molecule has 6 nitrogen and oxygen atoms in total. The molecule has 3 aromatic rings. The number of nitro groups is 1. The van der Waals surface area contributed by atoms with E-state index in [1.54, 1.807) is 11.5 Å². The minimum absolute atomic E-state index is 0.0142. The summed E-state index contributed by atoms with van der Waals surface area (Å²) in [5, 5.41) is 13.2. The molecule has 2 aromatic carbocycles. The van der Waals surface area contributed by atoms with Crippen molar-refractivity contribution >= 4 is 16.6 Å². The Morgan fingerprint density at radius 1 is 1.23 bits per heavy atom. The molecule has 0 aliphatic carbocycles. The van der Waals surface area contributed by atoms with E-state index < -0.39 is 4.92 Å². The number of hydrogen-bond donors (Lipinski definition) is 0. The lowest BCUT2D eigenvalue weighted by molar-refractivity contribution is -0.392. The molecule has 0 aliphatic heterocycles. The summed E-state index contributed by atoms with van der Waals surface area (Å²) in [6, 6.07) is 13.9. The maximum atomic E-state index is 10.9. The fourth-order valence-corrected chi connectivity index (χ4v) is 2.39. The van der Waals surface area contributed by atoms with E-state index in [4.69, 9.17) is 4.74 Å². The summed E-state index contributed by atoms with van der Waals surface area (Å²) >= 11 is 0. The van der Waals surface area contributed by atoms with Gasteiger partial charge >= 0.3 is 5.82 Å². The molecule has 0 unspecified atom stereocenters. The van der Waals surface area contributed by atoms with Crippen molar-refractivity contribution in [2.45, 2.75) is 13.5 Å². The molecule has 22 heavy (non-hydrogen) atoms. The van der Waals surface area contributed by atoms with Crippen molar-refractivity contribution in [1.29, 1.82) is 0 Å². The molecule has 0 amide bonds. The first-order valence-corrected chi connectivity index (χ1v) is 6.93. The van der Waals surface area contributed by atoms with Gasteiger partial charge in [0.25, 0.3) is 0 Å². The van der Waals surface area contributed by atoms with E-state index in [-0.39, 0.29) is 5.82 Å². The molecule has 0 saturated heterocycles. The van der Waals surface area contributed by atoms with Crippen LogP contribution in [0.25, 0.3) is 10.8 Å². The van der Waals surface area contributed by atoms with Gasteiger partial charge < -0.3 is 14.9 Å². The van der Waals surface area contributed by atoms with Crippen LogP contribution >= 0.6 is 0 Å². The first-order chi connectivity index (χ1) is 10.6. The molecular weight excluding hydrogens is 282 g/mol. The van der Waals surface area contributed by atoms with Crippen molar-refractivity contribution < 1.29 is 9.66 Å². The van der Waals surface area contributed by atoms with E-state index >= 15 is 0 Å². The van der Waals surface area contributed by atoms with Crippen LogP contribution in [0, 0.1) is 17.0 Å². The summed E-state index contributed by atoms with van der Waals surface area (Å²) in [7, 11) is 0. The zero-order chi connectivity index (χ0) is 15.5. The number of benzene rings is 2. The largest absolute Gasteiger partial charge is 0.489 e. The fourth-order valence-electron chi connectivity index (χ4n) is 2.39. The van der Waals surface area contributed by atoms with E-state index in [1.807, 2.05) is 42.5 Å². The lowest BCUT2D eigenvalue weighted by atomic mass is 10.1. The van der Waals surface area contributed by atoms with Crippen molar-refractivity contribution in [2.75, 3.05) is 6.61 Å². The quantitative estimate of drug-likeness (QED) is 0.535. The second-order valence-electron chi connectivity index (χ2n) is 4.93. The third-order valence-corrected chi connectivity index (χ3v) is 3.53. The molecule has 0 bridgehead atoms. The molecule has 0 fully saturated rings. The van der Waals surface area contributed by atoms with E-state index in [9.17, 15) is 10.1 Å². The fraction of sp³-hybridized carbons (Fsp3) is 0.188. The second kappa shape index (κ2) is 5.85. The minimum atomic E-state index is -0.434. The van der Waals surface area contributed by atoms with E-state index in [0.29, 0.717) is 19.0 Å². The van der Waals surface area contributed by atoms with Crippen molar-refractivity contribution in [3.63, 3.8) is 0 Å². The molecule has 0 radical (unpaired) electrons. The highest BCUT2D eigenvalue weighted by Gasteiger charge is 2.16. The SMILES string of the molecule is Cc1ncc([N+](=O)[O-])n1CCOc1ccc2ccccc2c1. The number of aromatic nitrogens is 2. The number of ether oxygens (including phenoxy) is 1. The van der Waals surface area contributed by atoms with Gasteiger partial charge in [0.15, 0.2) is 5.82 Å². The first-order valence-electron chi connectivity index (χ1n) is 6.93. The number of nitrogens with zero attached hydrogens (tertiary/aromatic N) is 3. The molecule has 0 aliphatic rings. The molecule has 0 N–H and O–H groups in total. The number of rotatable bonds is 5. The third kappa shape index (κ3) is 2.76. The summed E-state index contributed by atoms with van der Waals surface area (Å²) in [4.78, 5) is 14.5. The van der Waals surface area contributed by atoms with Crippen LogP contribution in [0.3, 0.4) is 0 Å². The van der Waals surface area contributed by atoms with E-state index in [2.05, 4.69) is 4.98 Å². The van der Waals surface area contributed by atoms with Crippen molar-refractivity contribution in [2.24, 2.45) is 0 Å². The van der Waals surface area contributed by atoms with E-state index in [0.717, 1.165) is 16.5 Å². The van der Waals surface area contributed by atoms with Crippen molar-refractivity contribution in [3.05, 3.63) is 64.6 Å². The van der Waals surface area contributed by atoms with Gasteiger partial charge in [-0.1, -0.05) is 30.3 Å². The number of aryl methyl sites for hydroxylation is 1. The predicted molar refractivity (Wildman–Crippen MR) is 83.1 cm³/mol. The summed E-state index contributed by atoms with van der Waals surface area (Å²) in [6.45, 7) is 2.47. The molecule has 0 atom stereocenters. The molecule has 112 valence electrons. The van der Waals surface area contributed by atoms with Gasteiger partial charge in [0, 0.05) is 6.92 Å². The highest BCUT2D eigenvalue weighted by molar-refractivity contribution is 5.83. The van der Waals surface area contributed by atoms with Crippen molar-refractivity contribution in [1.82, 2.24) is 9.55 Å². The summed E-state index contributed by atoms with van der Waals surface area (Å²) in [5.74, 6) is 1.34. The highest BCUT2D eigenvalue weighted by atomic mass is 16.6. The van der Waals surface area contributed by atoms with Gasteiger partial charge in [-0.3, -0.25) is 0 Å². The summed E-state index contributed by atoms with van der Waals surface area (Å²) in [6.07, 6.45) is 1.27. The van der Waals surface area contributed by atoms with Crippen LogP contribution in [0.5, 0.6) is 5.75 Å². The van der Waals surface area contributed by atoms with Crippen LogP contribution < -0.4 is 4.74 Å². The smallest absolute Gasteiger partial charge is 0.342 e. The zero-order valence-electron chi connectivity index (χ0n) is 12.1. The third-order valence-electron chi connectivity index (χ3n) is 3.53. The Hall–Kier alpha value is -2.89. The van der Waals surface area contributed by atoms with Crippen LogP contribution in [0.4, 0.5) is 5.82 Å². The molecular formula is C16H15N3O3. The lowest BCUT2D eigenvalue weighted by Gasteiger charge is -2.07. The van der Waals surface area contributed by atoms with E-state index in [1.165, 1.54) is 6.20 Å². The lowest BCUT2D eigenvalue weighted by Crippen LogP contribution is -2.11. The van der Waals surface area contributed by atoms with Gasteiger partial charge in [0.1, 0.15) is 25.1 Å². The number of fused-ring (bicyclic) bond motifs is 1. The maximum absolute atomic E-state index is 10.9. The average molecular weight is 297 g/mol. The van der Waals surface area contributed by atoms with Crippen LogP contribution in [-0.4, -0.2) is 21.1 Å². The Labute approximate surface area is 127 Å². The molecule has 0 spiro atoms. The second-order valence-corrected chi connectivity index (χ2v) is 4.93. The topological polar surface area (TPSA) is 70.2 Å². The Balaban J connectivity index is 1.70. The Morgan fingerprint density at radius 2 is 2.00 bits per heavy atom. The normalized spacial score (nSPS) is 10.8. The van der Waals surface area contributed by atoms with Gasteiger partial charge in [-0.2, -0.15) is 0 Å². The first kappa shape index (κ1) is 14.1. The summed E-state index contributed by atoms with van der Waals surface area (Å²) in [5.41, 5.74) is 0. The van der Waals surface area contributed by atoms with Crippen molar-refractivity contribution in [3.8, 4) is 5.75 Å². The molecule has 3 rings (SSSR count). The number of imidazole rings is 1. The highest BCUT2D eigenvalue weighted by Crippen LogP contribution is 2.21. The monoisotopic (exact) mass is 297 g/mol. The Kier molecular flexibility index (Phi) is 3.74. The molecule has 6 heteroatoms. The summed E-state index contributed by atoms with van der Waals surface area (Å²) < 4.78 is 7.25. The Bertz CT molecular complexity index is 826. The molecule has 1 aromatic heterocycles. The van der Waals surface area contributed by atoms with Gasteiger partial charge in [-0.15, -0.1) is 0 Å². The van der Waals surface area contributed by atoms with Crippen LogP contribution in [0.1, 0.15) is 5.82 Å². The van der Waals surface area contributed by atoms with Gasteiger partial charge in [0.2, 0.25) is 0 Å². The minimum Gasteiger partial charge on any atom is -0.489 e. The van der Waals surface area contributed by atoms with Crippen LogP contribution in [0.2, 0.25) is 0 Å². The van der Waals surface area contributed by atoms with Gasteiger partial charge in [-0.05, 0) is 27.8 Å². The number of hydrogen-bond acceptors (Lipinski definition) is 4. The maximum Gasteiger partial charge on any atom is 0.342 e. The van der Waals surface area contributed by atoms with Crippen LogP contribution in [0.15, 0.2) is 48.7 Å². The standard InChI is InChI=1S/C16H15N3O3/c1-12-17-11-16(19(20)21)18(12)8-9-22-15-7-6-13-4-2-3-5-14(13)10-15/h2-7,10-11H,8-9H2,1H3.